The van der Waals surface area contributed by atoms with Gasteiger partial charge in [-0.2, -0.15) is 0 Å². The first-order valence-electron chi connectivity index (χ1n) is 4.83. The van der Waals surface area contributed by atoms with E-state index in [1.54, 1.807) is 0 Å². The highest BCUT2D eigenvalue weighted by Gasteiger charge is 2.20. The summed E-state index contributed by atoms with van der Waals surface area (Å²) >= 11 is 9.25. The molecule has 76 valence electrons. The lowest BCUT2D eigenvalue weighted by atomic mass is 10.3. The van der Waals surface area contributed by atoms with Gasteiger partial charge in [-0.3, -0.25) is 0 Å². The number of hydrogen-bond acceptors (Lipinski definition) is 1. The van der Waals surface area contributed by atoms with Gasteiger partial charge >= 0.3 is 0 Å². The van der Waals surface area contributed by atoms with Gasteiger partial charge in [0.15, 0.2) is 0 Å². The van der Waals surface area contributed by atoms with Crippen LogP contribution in [-0.2, 0) is 0 Å². The molecule has 1 aliphatic rings. The number of ether oxygens (including phenoxy) is 1. The van der Waals surface area contributed by atoms with Crippen molar-refractivity contribution in [1.82, 2.24) is 0 Å². The van der Waals surface area contributed by atoms with E-state index in [0.29, 0.717) is 0 Å². The molecular weight excluding hydrogens is 263 g/mol. The summed E-state index contributed by atoms with van der Waals surface area (Å²) in [6, 6.07) is 5.60. The topological polar surface area (TPSA) is 9.23 Å². The van der Waals surface area contributed by atoms with Crippen molar-refractivity contribution in [3.63, 3.8) is 0 Å². The van der Waals surface area contributed by atoms with Crippen LogP contribution in [0.2, 0.25) is 5.02 Å². The van der Waals surface area contributed by atoms with Gasteiger partial charge in [0.1, 0.15) is 5.75 Å². The lowest BCUT2D eigenvalue weighted by molar-refractivity contribution is 0.300. The number of hydrogen-bond donors (Lipinski definition) is 0. The van der Waals surface area contributed by atoms with E-state index in [1.165, 1.54) is 19.3 Å². The van der Waals surface area contributed by atoms with Crippen LogP contribution in [0.5, 0.6) is 5.75 Å². The molecule has 1 fully saturated rings. The quantitative estimate of drug-likeness (QED) is 0.797. The zero-order chi connectivity index (χ0) is 9.97. The Hall–Kier alpha value is -0.210. The smallest absolute Gasteiger partial charge is 0.133 e. The summed E-state index contributed by atoms with van der Waals surface area (Å²) < 4.78 is 6.57. The molecule has 2 rings (SSSR count). The number of benzene rings is 1. The Balaban J connectivity index is 1.87. The highest BCUT2D eigenvalue weighted by Crippen LogP contribution is 2.33. The first-order valence-corrected chi connectivity index (χ1v) is 6.00. The summed E-state index contributed by atoms with van der Waals surface area (Å²) in [5.41, 5.74) is 0. The van der Waals surface area contributed by atoms with Crippen molar-refractivity contribution in [2.45, 2.75) is 19.3 Å². The van der Waals surface area contributed by atoms with Crippen molar-refractivity contribution in [1.29, 1.82) is 0 Å². The van der Waals surface area contributed by atoms with E-state index in [2.05, 4.69) is 15.9 Å². The summed E-state index contributed by atoms with van der Waals surface area (Å²) in [6.45, 7) is 0.810. The molecule has 0 bridgehead atoms. The van der Waals surface area contributed by atoms with Crippen molar-refractivity contribution >= 4 is 27.5 Å². The van der Waals surface area contributed by atoms with Gasteiger partial charge in [-0.1, -0.05) is 24.4 Å². The van der Waals surface area contributed by atoms with Gasteiger partial charge in [-0.15, -0.1) is 0 Å². The summed E-state index contributed by atoms with van der Waals surface area (Å²) in [7, 11) is 0. The Morgan fingerprint density at radius 3 is 2.86 bits per heavy atom. The zero-order valence-corrected chi connectivity index (χ0v) is 10.1. The maximum atomic E-state index is 5.83. The van der Waals surface area contributed by atoms with E-state index in [1.807, 2.05) is 18.2 Å². The number of halogens is 2. The molecule has 0 unspecified atom stereocenters. The Morgan fingerprint density at radius 1 is 1.43 bits per heavy atom. The SMILES string of the molecule is Clc1ccc(OCCC2CC2)c(Br)c1. The van der Waals surface area contributed by atoms with E-state index >= 15 is 0 Å². The fourth-order valence-corrected chi connectivity index (χ4v) is 2.13. The summed E-state index contributed by atoms with van der Waals surface area (Å²) in [5.74, 6) is 1.80. The van der Waals surface area contributed by atoms with Gasteiger partial charge in [-0.25, -0.2) is 0 Å². The zero-order valence-electron chi connectivity index (χ0n) is 7.80. The van der Waals surface area contributed by atoms with Crippen molar-refractivity contribution in [2.24, 2.45) is 5.92 Å². The second-order valence-corrected chi connectivity index (χ2v) is 4.95. The van der Waals surface area contributed by atoms with Crippen molar-refractivity contribution < 1.29 is 4.74 Å². The fraction of sp³-hybridized carbons (Fsp3) is 0.455. The van der Waals surface area contributed by atoms with Gasteiger partial charge in [-0.05, 0) is 46.5 Å². The summed E-state index contributed by atoms with van der Waals surface area (Å²) in [4.78, 5) is 0. The largest absolute Gasteiger partial charge is 0.492 e. The van der Waals surface area contributed by atoms with Gasteiger partial charge in [0, 0.05) is 5.02 Å². The Kier molecular flexibility index (Phi) is 3.34. The molecule has 0 N–H and O–H groups in total. The number of rotatable bonds is 4. The highest BCUT2D eigenvalue weighted by atomic mass is 79.9. The first-order chi connectivity index (χ1) is 6.75. The molecule has 14 heavy (non-hydrogen) atoms. The molecule has 0 spiro atoms. The van der Waals surface area contributed by atoms with Crippen LogP contribution >= 0.6 is 27.5 Å². The standard InChI is InChI=1S/C11H12BrClO/c12-10-7-9(13)3-4-11(10)14-6-5-8-1-2-8/h3-4,7-8H,1-2,5-6H2. The monoisotopic (exact) mass is 274 g/mol. The van der Waals surface area contributed by atoms with E-state index in [4.69, 9.17) is 16.3 Å². The predicted molar refractivity (Wildman–Crippen MR) is 62.0 cm³/mol. The Morgan fingerprint density at radius 2 is 2.21 bits per heavy atom. The van der Waals surface area contributed by atoms with Crippen LogP contribution in [0.15, 0.2) is 22.7 Å². The van der Waals surface area contributed by atoms with Crippen LogP contribution in [0.4, 0.5) is 0 Å². The predicted octanol–water partition coefficient (Wildman–Crippen LogP) is 4.28. The fourth-order valence-electron chi connectivity index (χ4n) is 1.33. The molecule has 1 nitrogen and oxygen atoms in total. The molecule has 1 aromatic rings. The lowest BCUT2D eigenvalue weighted by Crippen LogP contribution is -1.98. The molecule has 3 heteroatoms. The minimum Gasteiger partial charge on any atom is -0.492 e. The third-order valence-corrected chi connectivity index (χ3v) is 3.23. The second-order valence-electron chi connectivity index (χ2n) is 3.66. The van der Waals surface area contributed by atoms with E-state index in [9.17, 15) is 0 Å². The minimum absolute atomic E-state index is 0.728. The summed E-state index contributed by atoms with van der Waals surface area (Å²) in [6.07, 6.45) is 3.94. The van der Waals surface area contributed by atoms with Gasteiger partial charge in [0.2, 0.25) is 0 Å². The van der Waals surface area contributed by atoms with E-state index in [0.717, 1.165) is 27.8 Å². The van der Waals surface area contributed by atoms with E-state index in [-0.39, 0.29) is 0 Å². The Bertz CT molecular complexity index is 323. The van der Waals surface area contributed by atoms with Crippen LogP contribution in [-0.4, -0.2) is 6.61 Å². The first kappa shape index (κ1) is 10.3. The lowest BCUT2D eigenvalue weighted by Gasteiger charge is -2.07. The third-order valence-electron chi connectivity index (χ3n) is 2.37. The highest BCUT2D eigenvalue weighted by molar-refractivity contribution is 9.10. The van der Waals surface area contributed by atoms with Crippen LogP contribution in [0, 0.1) is 5.92 Å². The summed E-state index contributed by atoms with van der Waals surface area (Å²) in [5, 5.41) is 0.728. The van der Waals surface area contributed by atoms with Crippen LogP contribution in [0.3, 0.4) is 0 Å². The molecule has 0 aromatic heterocycles. The van der Waals surface area contributed by atoms with Crippen LogP contribution in [0.1, 0.15) is 19.3 Å². The minimum atomic E-state index is 0.728. The molecule has 1 aromatic carbocycles. The molecule has 0 heterocycles. The van der Waals surface area contributed by atoms with Gasteiger partial charge in [0.25, 0.3) is 0 Å². The maximum Gasteiger partial charge on any atom is 0.133 e. The van der Waals surface area contributed by atoms with Crippen LogP contribution < -0.4 is 4.74 Å². The second kappa shape index (κ2) is 4.54. The van der Waals surface area contributed by atoms with Crippen LogP contribution in [0.25, 0.3) is 0 Å². The molecule has 0 aliphatic heterocycles. The molecule has 1 aliphatic carbocycles. The van der Waals surface area contributed by atoms with Crippen molar-refractivity contribution in [2.75, 3.05) is 6.61 Å². The average Bonchev–Trinajstić information content (AvgIpc) is 2.92. The van der Waals surface area contributed by atoms with Gasteiger partial charge in [0.05, 0.1) is 11.1 Å². The molecule has 0 amide bonds. The molecule has 0 saturated heterocycles. The average molecular weight is 276 g/mol. The molecule has 0 radical (unpaired) electrons. The van der Waals surface area contributed by atoms with E-state index < -0.39 is 0 Å². The molecule has 1 saturated carbocycles. The molecular formula is C11H12BrClO. The normalized spacial score (nSPS) is 15.6. The van der Waals surface area contributed by atoms with Crippen molar-refractivity contribution in [3.8, 4) is 5.75 Å². The van der Waals surface area contributed by atoms with Crippen molar-refractivity contribution in [3.05, 3.63) is 27.7 Å². The third kappa shape index (κ3) is 2.89. The Labute approximate surface area is 97.5 Å². The maximum absolute atomic E-state index is 5.83. The van der Waals surface area contributed by atoms with Gasteiger partial charge < -0.3 is 4.74 Å². The molecule has 0 atom stereocenters.